The average molecular weight is 508 g/mol. The lowest BCUT2D eigenvalue weighted by atomic mass is 10.0. The minimum absolute atomic E-state index is 0.0553. The van der Waals surface area contributed by atoms with E-state index in [0.29, 0.717) is 23.5 Å². The van der Waals surface area contributed by atoms with Crippen LogP contribution in [0.4, 0.5) is 20.1 Å². The molecular formula is C25H25N5O7. The van der Waals surface area contributed by atoms with E-state index in [0.717, 1.165) is 5.56 Å². The van der Waals surface area contributed by atoms with Crippen molar-refractivity contribution >= 4 is 24.0 Å². The molecule has 0 unspecified atom stereocenters. The first-order valence-corrected chi connectivity index (χ1v) is 11.4. The zero-order chi connectivity index (χ0) is 26.2. The van der Waals surface area contributed by atoms with E-state index in [1.165, 1.54) is 18.1 Å². The van der Waals surface area contributed by atoms with Gasteiger partial charge in [0, 0.05) is 5.69 Å². The van der Waals surface area contributed by atoms with Crippen LogP contribution in [0.15, 0.2) is 65.5 Å². The van der Waals surface area contributed by atoms with Gasteiger partial charge in [0.2, 0.25) is 0 Å². The number of aromatic amines is 1. The predicted molar refractivity (Wildman–Crippen MR) is 132 cm³/mol. The highest BCUT2D eigenvalue weighted by atomic mass is 16.6. The Morgan fingerprint density at radius 3 is 2.54 bits per heavy atom. The third-order valence-corrected chi connectivity index (χ3v) is 5.56. The highest BCUT2D eigenvalue weighted by molar-refractivity contribution is 5.85. The number of rotatable bonds is 8. The number of carbonyl (C=O) groups is 3. The van der Waals surface area contributed by atoms with Crippen LogP contribution >= 0.6 is 0 Å². The molecule has 3 aromatic rings. The SMILES string of the molecule is COC(=O)Nc1ccc(-c2cc([C@H](CN3CCOC3=O)NC(=O)OCc3ccccc3)n[nH]c2=O)cc1. The van der Waals surface area contributed by atoms with Gasteiger partial charge in [-0.3, -0.25) is 10.1 Å². The van der Waals surface area contributed by atoms with Crippen molar-refractivity contribution in [2.75, 3.05) is 32.1 Å². The molecule has 0 aliphatic carbocycles. The third kappa shape index (κ3) is 6.63. The number of amides is 3. The molecule has 0 radical (unpaired) electrons. The molecule has 0 bridgehead atoms. The second-order valence-electron chi connectivity index (χ2n) is 8.05. The fourth-order valence-corrected chi connectivity index (χ4v) is 3.65. The number of hydrogen-bond donors (Lipinski definition) is 3. The number of H-pyrrole nitrogens is 1. The minimum atomic E-state index is -0.801. The molecule has 2 heterocycles. The Bertz CT molecular complexity index is 1310. The largest absolute Gasteiger partial charge is 0.453 e. The van der Waals surface area contributed by atoms with E-state index in [4.69, 9.17) is 9.47 Å². The molecule has 1 aromatic heterocycles. The molecule has 37 heavy (non-hydrogen) atoms. The zero-order valence-electron chi connectivity index (χ0n) is 19.9. The number of carbonyl (C=O) groups excluding carboxylic acids is 3. The summed E-state index contributed by atoms with van der Waals surface area (Å²) in [6, 6.07) is 16.4. The molecule has 192 valence electrons. The second-order valence-corrected chi connectivity index (χ2v) is 8.05. The Kier molecular flexibility index (Phi) is 7.98. The van der Waals surface area contributed by atoms with Crippen LogP contribution in [0.25, 0.3) is 11.1 Å². The Morgan fingerprint density at radius 2 is 1.86 bits per heavy atom. The van der Waals surface area contributed by atoms with Crippen molar-refractivity contribution in [3.8, 4) is 11.1 Å². The summed E-state index contributed by atoms with van der Waals surface area (Å²) in [5, 5.41) is 11.8. The van der Waals surface area contributed by atoms with E-state index in [-0.39, 0.29) is 25.3 Å². The number of nitrogens with one attached hydrogen (secondary N) is 3. The van der Waals surface area contributed by atoms with Crippen molar-refractivity contribution in [1.29, 1.82) is 0 Å². The maximum atomic E-state index is 12.6. The summed E-state index contributed by atoms with van der Waals surface area (Å²) in [6.07, 6.45) is -1.85. The maximum absolute atomic E-state index is 12.6. The quantitative estimate of drug-likeness (QED) is 0.394. The number of methoxy groups -OCH3 is 1. The number of aromatic nitrogens is 2. The Balaban J connectivity index is 1.55. The summed E-state index contributed by atoms with van der Waals surface area (Å²) < 4.78 is 14.9. The summed E-state index contributed by atoms with van der Waals surface area (Å²) in [5.41, 5.74) is 1.97. The van der Waals surface area contributed by atoms with Gasteiger partial charge in [0.1, 0.15) is 13.2 Å². The number of alkyl carbamates (subject to hydrolysis) is 1. The molecule has 4 rings (SSSR count). The van der Waals surface area contributed by atoms with Crippen molar-refractivity contribution in [2.24, 2.45) is 0 Å². The smallest absolute Gasteiger partial charge is 0.411 e. The molecule has 3 amide bonds. The number of hydrogen-bond acceptors (Lipinski definition) is 8. The van der Waals surface area contributed by atoms with E-state index < -0.39 is 29.9 Å². The maximum Gasteiger partial charge on any atom is 0.411 e. The van der Waals surface area contributed by atoms with Crippen molar-refractivity contribution in [1.82, 2.24) is 20.4 Å². The number of ether oxygens (including phenoxy) is 3. The van der Waals surface area contributed by atoms with Crippen LogP contribution in [-0.4, -0.2) is 60.2 Å². The first-order valence-electron chi connectivity index (χ1n) is 11.4. The molecule has 1 atom stereocenters. The average Bonchev–Trinajstić information content (AvgIpc) is 3.32. The van der Waals surface area contributed by atoms with E-state index in [1.54, 1.807) is 24.3 Å². The van der Waals surface area contributed by atoms with Crippen molar-refractivity contribution in [3.05, 3.63) is 82.3 Å². The second kappa shape index (κ2) is 11.7. The molecule has 2 aromatic carbocycles. The summed E-state index contributed by atoms with van der Waals surface area (Å²) in [4.78, 5) is 50.1. The topological polar surface area (TPSA) is 152 Å². The van der Waals surface area contributed by atoms with Crippen LogP contribution in [0.3, 0.4) is 0 Å². The Morgan fingerprint density at radius 1 is 1.11 bits per heavy atom. The Hall–Kier alpha value is -4.87. The molecule has 3 N–H and O–H groups in total. The van der Waals surface area contributed by atoms with Gasteiger partial charge >= 0.3 is 18.3 Å². The highest BCUT2D eigenvalue weighted by Gasteiger charge is 2.28. The van der Waals surface area contributed by atoms with Crippen LogP contribution in [-0.2, 0) is 20.8 Å². The summed E-state index contributed by atoms with van der Waals surface area (Å²) in [5.74, 6) is 0. The van der Waals surface area contributed by atoms with E-state index in [2.05, 4.69) is 25.6 Å². The van der Waals surface area contributed by atoms with Gasteiger partial charge in [-0.25, -0.2) is 19.5 Å². The van der Waals surface area contributed by atoms with Crippen LogP contribution in [0.5, 0.6) is 0 Å². The monoisotopic (exact) mass is 507 g/mol. The van der Waals surface area contributed by atoms with Crippen LogP contribution < -0.4 is 16.2 Å². The molecule has 1 fully saturated rings. The molecule has 12 nitrogen and oxygen atoms in total. The normalized spacial score (nSPS) is 13.4. The molecule has 0 spiro atoms. The number of benzene rings is 2. The minimum Gasteiger partial charge on any atom is -0.453 e. The molecule has 1 saturated heterocycles. The van der Waals surface area contributed by atoms with Gasteiger partial charge in [-0.05, 0) is 29.3 Å². The number of anilines is 1. The predicted octanol–water partition coefficient (Wildman–Crippen LogP) is 3.03. The molecular weight excluding hydrogens is 482 g/mol. The lowest BCUT2D eigenvalue weighted by Gasteiger charge is -2.22. The molecule has 0 saturated carbocycles. The standard InChI is InChI=1S/C25H25N5O7/c1-35-23(32)26-18-9-7-17(8-10-18)19-13-20(28-29-22(19)31)21(14-30-11-12-36-25(30)34)27-24(33)37-15-16-5-3-2-4-6-16/h2-10,13,21H,11-12,14-15H2,1H3,(H,26,32)(H,27,33)(H,29,31)/t21-/m0/s1. The van der Waals surface area contributed by atoms with Crippen LogP contribution in [0.2, 0.25) is 0 Å². The molecule has 1 aliphatic heterocycles. The van der Waals surface area contributed by atoms with E-state index in [1.807, 2.05) is 30.3 Å². The molecule has 1 aliphatic rings. The van der Waals surface area contributed by atoms with Gasteiger partial charge in [-0.15, -0.1) is 0 Å². The Labute approximate surface area is 211 Å². The van der Waals surface area contributed by atoms with Crippen LogP contribution in [0, 0.1) is 0 Å². The fourth-order valence-electron chi connectivity index (χ4n) is 3.65. The van der Waals surface area contributed by atoms with Gasteiger partial charge in [-0.2, -0.15) is 5.10 Å². The highest BCUT2D eigenvalue weighted by Crippen LogP contribution is 2.22. The van der Waals surface area contributed by atoms with Gasteiger partial charge in [0.05, 0.1) is 37.5 Å². The van der Waals surface area contributed by atoms with Gasteiger partial charge in [0.15, 0.2) is 0 Å². The van der Waals surface area contributed by atoms with Gasteiger partial charge in [0.25, 0.3) is 5.56 Å². The third-order valence-electron chi connectivity index (χ3n) is 5.56. The van der Waals surface area contributed by atoms with Gasteiger partial charge < -0.3 is 24.4 Å². The summed E-state index contributed by atoms with van der Waals surface area (Å²) in [6.45, 7) is 0.697. The van der Waals surface area contributed by atoms with Crippen molar-refractivity contribution < 1.29 is 28.6 Å². The van der Waals surface area contributed by atoms with Crippen LogP contribution in [0.1, 0.15) is 17.3 Å². The first kappa shape index (κ1) is 25.2. The van der Waals surface area contributed by atoms with Crippen molar-refractivity contribution in [2.45, 2.75) is 12.6 Å². The number of cyclic esters (lactones) is 1. The van der Waals surface area contributed by atoms with E-state index >= 15 is 0 Å². The lowest BCUT2D eigenvalue weighted by Crippen LogP contribution is -2.39. The van der Waals surface area contributed by atoms with Gasteiger partial charge in [-0.1, -0.05) is 42.5 Å². The van der Waals surface area contributed by atoms with Crippen molar-refractivity contribution in [3.63, 3.8) is 0 Å². The molecule has 12 heteroatoms. The first-order chi connectivity index (χ1) is 17.9. The zero-order valence-corrected chi connectivity index (χ0v) is 19.9. The number of nitrogens with zero attached hydrogens (tertiary/aromatic N) is 2. The lowest BCUT2D eigenvalue weighted by molar-refractivity contribution is 0.130. The summed E-state index contributed by atoms with van der Waals surface area (Å²) >= 11 is 0. The van der Waals surface area contributed by atoms with E-state index in [9.17, 15) is 19.2 Å². The summed E-state index contributed by atoms with van der Waals surface area (Å²) in [7, 11) is 1.26. The fraction of sp³-hybridized carbons (Fsp3) is 0.240.